The van der Waals surface area contributed by atoms with E-state index in [-0.39, 0.29) is 11.3 Å². The van der Waals surface area contributed by atoms with Crippen LogP contribution in [0.4, 0.5) is 21.5 Å². The van der Waals surface area contributed by atoms with E-state index < -0.39 is 11.7 Å². The van der Waals surface area contributed by atoms with E-state index in [0.29, 0.717) is 16.4 Å². The highest BCUT2D eigenvalue weighted by atomic mass is 35.5. The predicted molar refractivity (Wildman–Crippen MR) is 74.1 cm³/mol. The minimum atomic E-state index is -0.633. The quantitative estimate of drug-likeness (QED) is 0.756. The van der Waals surface area contributed by atoms with Crippen LogP contribution in [0, 0.1) is 5.82 Å². The van der Waals surface area contributed by atoms with Crippen LogP contribution in [0.1, 0.15) is 10.4 Å². The average molecular weight is 280 g/mol. The highest BCUT2D eigenvalue weighted by Crippen LogP contribution is 2.27. The fourth-order valence-electron chi connectivity index (χ4n) is 1.60. The summed E-state index contributed by atoms with van der Waals surface area (Å²) in [5.74, 6) is -1.05. The highest BCUT2D eigenvalue weighted by Gasteiger charge is 2.08. The SMILES string of the molecule is NC(=O)c1cc(Nc2cc(F)ccc2Cl)ccc1N. The molecule has 4 nitrogen and oxygen atoms in total. The first-order valence-electron chi connectivity index (χ1n) is 5.39. The van der Waals surface area contributed by atoms with Crippen molar-refractivity contribution in [3.63, 3.8) is 0 Å². The Balaban J connectivity index is 2.36. The Hall–Kier alpha value is -2.27. The second-order valence-corrected chi connectivity index (χ2v) is 4.32. The van der Waals surface area contributed by atoms with Gasteiger partial charge in [0, 0.05) is 11.4 Å². The molecule has 0 heterocycles. The van der Waals surface area contributed by atoms with Crippen LogP contribution in [0.3, 0.4) is 0 Å². The van der Waals surface area contributed by atoms with E-state index >= 15 is 0 Å². The maximum absolute atomic E-state index is 13.1. The molecule has 2 aromatic carbocycles. The summed E-state index contributed by atoms with van der Waals surface area (Å²) in [6, 6.07) is 8.61. The van der Waals surface area contributed by atoms with Gasteiger partial charge in [0.1, 0.15) is 5.82 Å². The van der Waals surface area contributed by atoms with Crippen molar-refractivity contribution in [2.24, 2.45) is 5.73 Å². The van der Waals surface area contributed by atoms with Crippen LogP contribution in [0.25, 0.3) is 0 Å². The predicted octanol–water partition coefficient (Wildman–Crippen LogP) is 2.90. The van der Waals surface area contributed by atoms with E-state index in [4.69, 9.17) is 23.1 Å². The standard InChI is InChI=1S/C13H11ClFN3O/c14-10-3-1-7(15)5-12(10)18-8-2-4-11(16)9(6-8)13(17)19/h1-6,18H,16H2,(H2,17,19). The molecule has 2 rings (SSSR count). The number of hydrogen-bond donors (Lipinski definition) is 3. The lowest BCUT2D eigenvalue weighted by atomic mass is 10.1. The molecule has 6 heteroatoms. The lowest BCUT2D eigenvalue weighted by Crippen LogP contribution is -2.13. The molecule has 0 aliphatic rings. The zero-order chi connectivity index (χ0) is 14.0. The molecular weight excluding hydrogens is 269 g/mol. The van der Waals surface area contributed by atoms with Gasteiger partial charge in [-0.1, -0.05) is 11.6 Å². The minimum absolute atomic E-state index is 0.192. The molecular formula is C13H11ClFN3O. The number of halogens is 2. The first-order valence-corrected chi connectivity index (χ1v) is 5.76. The van der Waals surface area contributed by atoms with Crippen LogP contribution in [0.2, 0.25) is 5.02 Å². The first kappa shape index (κ1) is 13.2. The second kappa shape index (κ2) is 5.16. The third kappa shape index (κ3) is 2.95. The number of nitrogen functional groups attached to an aromatic ring is 1. The van der Waals surface area contributed by atoms with Crippen molar-refractivity contribution in [2.75, 3.05) is 11.1 Å². The van der Waals surface area contributed by atoms with Crippen molar-refractivity contribution in [2.45, 2.75) is 0 Å². The maximum Gasteiger partial charge on any atom is 0.250 e. The molecule has 0 saturated carbocycles. The van der Waals surface area contributed by atoms with Crippen molar-refractivity contribution < 1.29 is 9.18 Å². The molecule has 98 valence electrons. The first-order chi connectivity index (χ1) is 8.97. The van der Waals surface area contributed by atoms with Crippen molar-refractivity contribution in [1.82, 2.24) is 0 Å². The molecule has 19 heavy (non-hydrogen) atoms. The fraction of sp³-hybridized carbons (Fsp3) is 0. The maximum atomic E-state index is 13.1. The van der Waals surface area contributed by atoms with Crippen LogP contribution in [0.5, 0.6) is 0 Å². The topological polar surface area (TPSA) is 81.1 Å². The summed E-state index contributed by atoms with van der Waals surface area (Å²) in [5.41, 5.74) is 12.2. The Kier molecular flexibility index (Phi) is 3.57. The van der Waals surface area contributed by atoms with Gasteiger partial charge in [0.25, 0.3) is 5.91 Å². The third-order valence-electron chi connectivity index (χ3n) is 2.53. The van der Waals surface area contributed by atoms with Gasteiger partial charge in [0.05, 0.1) is 16.3 Å². The van der Waals surface area contributed by atoms with Crippen molar-refractivity contribution >= 4 is 34.6 Å². The van der Waals surface area contributed by atoms with Gasteiger partial charge in [-0.05, 0) is 36.4 Å². The van der Waals surface area contributed by atoms with Gasteiger partial charge in [-0.2, -0.15) is 0 Å². The molecule has 0 aromatic heterocycles. The van der Waals surface area contributed by atoms with Crippen molar-refractivity contribution in [3.8, 4) is 0 Å². The highest BCUT2D eigenvalue weighted by molar-refractivity contribution is 6.33. The van der Waals surface area contributed by atoms with E-state index in [2.05, 4.69) is 5.32 Å². The number of anilines is 3. The molecule has 5 N–H and O–H groups in total. The summed E-state index contributed by atoms with van der Waals surface area (Å²) < 4.78 is 13.1. The summed E-state index contributed by atoms with van der Waals surface area (Å²) in [5, 5.41) is 3.26. The second-order valence-electron chi connectivity index (χ2n) is 3.92. The zero-order valence-electron chi connectivity index (χ0n) is 9.78. The molecule has 2 aromatic rings. The number of carbonyl (C=O) groups is 1. The minimum Gasteiger partial charge on any atom is -0.398 e. The van der Waals surface area contributed by atoms with Gasteiger partial charge in [0.15, 0.2) is 0 Å². The summed E-state index contributed by atoms with van der Waals surface area (Å²) >= 11 is 5.93. The fourth-order valence-corrected chi connectivity index (χ4v) is 1.76. The van der Waals surface area contributed by atoms with E-state index in [1.165, 1.54) is 30.3 Å². The summed E-state index contributed by atoms with van der Waals surface area (Å²) in [6.45, 7) is 0. The monoisotopic (exact) mass is 279 g/mol. The van der Waals surface area contributed by atoms with Crippen molar-refractivity contribution in [1.29, 1.82) is 0 Å². The van der Waals surface area contributed by atoms with Crippen LogP contribution in [-0.4, -0.2) is 5.91 Å². The number of primary amides is 1. The number of hydrogen-bond acceptors (Lipinski definition) is 3. The van der Waals surface area contributed by atoms with E-state index in [1.54, 1.807) is 6.07 Å². The molecule has 0 fully saturated rings. The van der Waals surface area contributed by atoms with Gasteiger partial charge < -0.3 is 16.8 Å². The Morgan fingerprint density at radius 1 is 1.21 bits per heavy atom. The number of nitrogens with two attached hydrogens (primary N) is 2. The molecule has 0 spiro atoms. The number of nitrogens with one attached hydrogen (secondary N) is 1. The van der Waals surface area contributed by atoms with E-state index in [0.717, 1.165) is 0 Å². The smallest absolute Gasteiger partial charge is 0.250 e. The van der Waals surface area contributed by atoms with Gasteiger partial charge in [-0.3, -0.25) is 4.79 Å². The largest absolute Gasteiger partial charge is 0.398 e. The van der Waals surface area contributed by atoms with Gasteiger partial charge in [-0.15, -0.1) is 0 Å². The molecule has 0 unspecified atom stereocenters. The Morgan fingerprint density at radius 3 is 2.63 bits per heavy atom. The normalized spacial score (nSPS) is 10.2. The zero-order valence-corrected chi connectivity index (χ0v) is 10.5. The van der Waals surface area contributed by atoms with Crippen molar-refractivity contribution in [3.05, 3.63) is 52.8 Å². The Morgan fingerprint density at radius 2 is 1.95 bits per heavy atom. The summed E-state index contributed by atoms with van der Waals surface area (Å²) in [4.78, 5) is 11.2. The molecule has 0 aliphatic carbocycles. The third-order valence-corrected chi connectivity index (χ3v) is 2.86. The molecule has 0 aliphatic heterocycles. The Bertz CT molecular complexity index is 646. The average Bonchev–Trinajstić information content (AvgIpc) is 2.36. The summed E-state index contributed by atoms with van der Waals surface area (Å²) in [7, 11) is 0. The number of benzene rings is 2. The van der Waals surface area contributed by atoms with Crippen LogP contribution in [0.15, 0.2) is 36.4 Å². The van der Waals surface area contributed by atoms with E-state index in [1.807, 2.05) is 0 Å². The number of amides is 1. The molecule has 0 atom stereocenters. The Labute approximate surface area is 114 Å². The van der Waals surface area contributed by atoms with Gasteiger partial charge in [-0.25, -0.2) is 4.39 Å². The number of rotatable bonds is 3. The van der Waals surface area contributed by atoms with E-state index in [9.17, 15) is 9.18 Å². The number of carbonyl (C=O) groups excluding carboxylic acids is 1. The molecule has 1 amide bonds. The lowest BCUT2D eigenvalue weighted by molar-refractivity contribution is 0.100. The van der Waals surface area contributed by atoms with Gasteiger partial charge >= 0.3 is 0 Å². The van der Waals surface area contributed by atoms with Gasteiger partial charge in [0.2, 0.25) is 0 Å². The van der Waals surface area contributed by atoms with Crippen LogP contribution in [-0.2, 0) is 0 Å². The van der Waals surface area contributed by atoms with Crippen LogP contribution >= 0.6 is 11.6 Å². The molecule has 0 saturated heterocycles. The molecule has 0 radical (unpaired) electrons. The van der Waals surface area contributed by atoms with Crippen LogP contribution < -0.4 is 16.8 Å². The molecule has 0 bridgehead atoms. The lowest BCUT2D eigenvalue weighted by Gasteiger charge is -2.10. The summed E-state index contributed by atoms with van der Waals surface area (Å²) in [6.07, 6.45) is 0.